The zero-order valence-corrected chi connectivity index (χ0v) is 10.8. The highest BCUT2D eigenvalue weighted by molar-refractivity contribution is 9.10. The van der Waals surface area contributed by atoms with E-state index in [2.05, 4.69) is 26.1 Å². The van der Waals surface area contributed by atoms with Crippen molar-refractivity contribution < 1.29 is 9.26 Å². The summed E-state index contributed by atoms with van der Waals surface area (Å²) in [7, 11) is 1.56. The highest BCUT2D eigenvalue weighted by Gasteiger charge is 2.18. The molecule has 1 heterocycles. The van der Waals surface area contributed by atoms with Crippen LogP contribution >= 0.6 is 15.9 Å². The van der Waals surface area contributed by atoms with Crippen LogP contribution < -0.4 is 5.73 Å². The maximum atomic E-state index is 5.53. The molecule has 0 amide bonds. The molecule has 2 rings (SSSR count). The van der Waals surface area contributed by atoms with Gasteiger partial charge in [0.1, 0.15) is 6.10 Å². The van der Waals surface area contributed by atoms with Gasteiger partial charge in [-0.25, -0.2) is 0 Å². The van der Waals surface area contributed by atoms with E-state index < -0.39 is 0 Å². The first-order valence-electron chi connectivity index (χ1n) is 5.07. The SMILES string of the molecule is COC(CN)c1nc(-c2ccccc2Br)no1. The third-order valence-electron chi connectivity index (χ3n) is 2.33. The van der Waals surface area contributed by atoms with Crippen LogP contribution in [0.4, 0.5) is 0 Å². The molecular weight excluding hydrogens is 286 g/mol. The van der Waals surface area contributed by atoms with Gasteiger partial charge in [0.2, 0.25) is 5.82 Å². The van der Waals surface area contributed by atoms with Crippen LogP contribution in [0.2, 0.25) is 0 Å². The van der Waals surface area contributed by atoms with E-state index in [4.69, 9.17) is 15.0 Å². The average molecular weight is 298 g/mol. The van der Waals surface area contributed by atoms with Crippen molar-refractivity contribution in [2.24, 2.45) is 5.73 Å². The molecule has 6 heteroatoms. The fourth-order valence-electron chi connectivity index (χ4n) is 1.42. The van der Waals surface area contributed by atoms with Crippen LogP contribution in [-0.4, -0.2) is 23.8 Å². The van der Waals surface area contributed by atoms with Crippen molar-refractivity contribution in [1.29, 1.82) is 0 Å². The first kappa shape index (κ1) is 12.2. The van der Waals surface area contributed by atoms with E-state index in [1.54, 1.807) is 7.11 Å². The molecule has 2 N–H and O–H groups in total. The van der Waals surface area contributed by atoms with Crippen LogP contribution in [0.3, 0.4) is 0 Å². The van der Waals surface area contributed by atoms with Crippen LogP contribution in [-0.2, 0) is 4.74 Å². The van der Waals surface area contributed by atoms with Gasteiger partial charge in [-0.3, -0.25) is 0 Å². The maximum absolute atomic E-state index is 5.53. The largest absolute Gasteiger partial charge is 0.370 e. The molecule has 90 valence electrons. The molecule has 0 spiro atoms. The molecule has 5 nitrogen and oxygen atoms in total. The Bertz CT molecular complexity index is 497. The number of rotatable bonds is 4. The molecular formula is C11H12BrN3O2. The minimum atomic E-state index is -0.362. The summed E-state index contributed by atoms with van der Waals surface area (Å²) in [6.45, 7) is 0.300. The van der Waals surface area contributed by atoms with Gasteiger partial charge >= 0.3 is 0 Å². The van der Waals surface area contributed by atoms with Crippen LogP contribution in [0, 0.1) is 0 Å². The number of hydrogen-bond acceptors (Lipinski definition) is 5. The van der Waals surface area contributed by atoms with E-state index in [1.807, 2.05) is 24.3 Å². The van der Waals surface area contributed by atoms with Crippen molar-refractivity contribution >= 4 is 15.9 Å². The Morgan fingerprint density at radius 1 is 1.47 bits per heavy atom. The van der Waals surface area contributed by atoms with Crippen molar-refractivity contribution in [1.82, 2.24) is 10.1 Å². The van der Waals surface area contributed by atoms with Gasteiger partial charge in [-0.05, 0) is 12.1 Å². The number of methoxy groups -OCH3 is 1. The summed E-state index contributed by atoms with van der Waals surface area (Å²) in [5.41, 5.74) is 6.40. The summed E-state index contributed by atoms with van der Waals surface area (Å²) >= 11 is 3.44. The van der Waals surface area contributed by atoms with E-state index in [-0.39, 0.29) is 6.10 Å². The van der Waals surface area contributed by atoms with Gasteiger partial charge < -0.3 is 15.0 Å². The predicted octanol–water partition coefficient (Wildman–Crippen LogP) is 2.15. The third-order valence-corrected chi connectivity index (χ3v) is 3.02. The Hall–Kier alpha value is -1.24. The van der Waals surface area contributed by atoms with E-state index in [9.17, 15) is 0 Å². The molecule has 0 aliphatic heterocycles. The van der Waals surface area contributed by atoms with Gasteiger partial charge in [0, 0.05) is 23.7 Å². The quantitative estimate of drug-likeness (QED) is 0.936. The van der Waals surface area contributed by atoms with Crippen molar-refractivity contribution in [3.63, 3.8) is 0 Å². The van der Waals surface area contributed by atoms with Crippen LogP contribution in [0.15, 0.2) is 33.3 Å². The second kappa shape index (κ2) is 5.39. The van der Waals surface area contributed by atoms with Gasteiger partial charge in [-0.15, -0.1) is 0 Å². The number of halogens is 1. The maximum Gasteiger partial charge on any atom is 0.257 e. The molecule has 2 aromatic rings. The van der Waals surface area contributed by atoms with Gasteiger partial charge in [0.15, 0.2) is 0 Å². The summed E-state index contributed by atoms with van der Waals surface area (Å²) in [4.78, 5) is 4.27. The molecule has 1 atom stereocenters. The highest BCUT2D eigenvalue weighted by atomic mass is 79.9. The van der Waals surface area contributed by atoms with Crippen molar-refractivity contribution in [2.75, 3.05) is 13.7 Å². The molecule has 1 aromatic carbocycles. The van der Waals surface area contributed by atoms with Crippen LogP contribution in [0.1, 0.15) is 12.0 Å². The smallest absolute Gasteiger partial charge is 0.257 e. The van der Waals surface area contributed by atoms with E-state index in [1.165, 1.54) is 0 Å². The zero-order valence-electron chi connectivity index (χ0n) is 9.26. The second-order valence-corrected chi connectivity index (χ2v) is 4.25. The average Bonchev–Trinajstić information content (AvgIpc) is 2.81. The van der Waals surface area contributed by atoms with E-state index >= 15 is 0 Å². The molecule has 0 saturated carbocycles. The lowest BCUT2D eigenvalue weighted by Crippen LogP contribution is -2.14. The molecule has 1 unspecified atom stereocenters. The lowest BCUT2D eigenvalue weighted by Gasteiger charge is -2.05. The monoisotopic (exact) mass is 297 g/mol. The molecule has 0 radical (unpaired) electrons. The van der Waals surface area contributed by atoms with Gasteiger partial charge in [-0.1, -0.05) is 33.2 Å². The lowest BCUT2D eigenvalue weighted by atomic mass is 10.2. The molecule has 0 bridgehead atoms. The fourth-order valence-corrected chi connectivity index (χ4v) is 1.88. The number of ether oxygens (including phenoxy) is 1. The van der Waals surface area contributed by atoms with Crippen LogP contribution in [0.5, 0.6) is 0 Å². The Balaban J connectivity index is 2.33. The van der Waals surface area contributed by atoms with Crippen molar-refractivity contribution in [2.45, 2.75) is 6.10 Å². The number of benzene rings is 1. The summed E-state index contributed by atoms with van der Waals surface area (Å²) < 4.78 is 11.2. The molecule has 0 saturated heterocycles. The van der Waals surface area contributed by atoms with E-state index in [0.29, 0.717) is 18.3 Å². The third kappa shape index (κ3) is 2.54. The molecule has 0 fully saturated rings. The normalized spacial score (nSPS) is 12.6. The van der Waals surface area contributed by atoms with Gasteiger partial charge in [0.05, 0.1) is 0 Å². The Morgan fingerprint density at radius 3 is 2.88 bits per heavy atom. The zero-order chi connectivity index (χ0) is 12.3. The van der Waals surface area contributed by atoms with Gasteiger partial charge in [0.25, 0.3) is 5.89 Å². The summed E-state index contributed by atoms with van der Waals surface area (Å²) in [5, 5.41) is 3.91. The number of nitrogens with zero attached hydrogens (tertiary/aromatic N) is 2. The second-order valence-electron chi connectivity index (χ2n) is 3.40. The standard InChI is InChI=1S/C11H12BrN3O2/c1-16-9(6-13)11-14-10(15-17-11)7-4-2-3-5-8(7)12/h2-5,9H,6,13H2,1H3. The minimum Gasteiger partial charge on any atom is -0.370 e. The number of aromatic nitrogens is 2. The number of nitrogens with two attached hydrogens (primary N) is 1. The summed E-state index contributed by atoms with van der Waals surface area (Å²) in [6, 6.07) is 7.66. The van der Waals surface area contributed by atoms with Crippen molar-refractivity contribution in [3.8, 4) is 11.4 Å². The lowest BCUT2D eigenvalue weighted by molar-refractivity contribution is 0.0804. The summed E-state index contributed by atoms with van der Waals surface area (Å²) in [5.74, 6) is 0.906. The minimum absolute atomic E-state index is 0.300. The Labute approximate surface area is 107 Å². The number of hydrogen-bond donors (Lipinski definition) is 1. The topological polar surface area (TPSA) is 74.2 Å². The van der Waals surface area contributed by atoms with Crippen molar-refractivity contribution in [3.05, 3.63) is 34.6 Å². The first-order valence-corrected chi connectivity index (χ1v) is 5.87. The van der Waals surface area contributed by atoms with Crippen LogP contribution in [0.25, 0.3) is 11.4 Å². The molecule has 1 aromatic heterocycles. The summed E-state index contributed by atoms with van der Waals surface area (Å²) in [6.07, 6.45) is -0.362. The molecule has 17 heavy (non-hydrogen) atoms. The molecule has 0 aliphatic carbocycles. The fraction of sp³-hybridized carbons (Fsp3) is 0.273. The Morgan fingerprint density at radius 2 is 2.24 bits per heavy atom. The first-order chi connectivity index (χ1) is 8.26. The molecule has 0 aliphatic rings. The van der Waals surface area contributed by atoms with Gasteiger partial charge in [-0.2, -0.15) is 4.98 Å². The highest BCUT2D eigenvalue weighted by Crippen LogP contribution is 2.26. The van der Waals surface area contributed by atoms with E-state index in [0.717, 1.165) is 10.0 Å². The predicted molar refractivity (Wildman–Crippen MR) is 66.2 cm³/mol. The Kier molecular flexibility index (Phi) is 3.88.